The number of nitrogens with one attached hydrogen (secondary N) is 4. The van der Waals surface area contributed by atoms with Gasteiger partial charge in [-0.2, -0.15) is 0 Å². The van der Waals surface area contributed by atoms with Crippen molar-refractivity contribution >= 4 is 40.7 Å². The van der Waals surface area contributed by atoms with Gasteiger partial charge in [0.2, 0.25) is 5.91 Å². The molecule has 0 unspecified atom stereocenters. The Morgan fingerprint density at radius 3 is 2.40 bits per heavy atom. The van der Waals surface area contributed by atoms with Gasteiger partial charge in [-0.25, -0.2) is 0 Å². The lowest BCUT2D eigenvalue weighted by Crippen LogP contribution is -2.63. The number of pyridine rings is 1. The molecular formula is C25H26ClN5O3S. The Kier molecular flexibility index (Phi) is 8.12. The van der Waals surface area contributed by atoms with E-state index >= 15 is 0 Å². The van der Waals surface area contributed by atoms with E-state index in [-0.39, 0.29) is 30.8 Å². The van der Waals surface area contributed by atoms with Crippen LogP contribution < -0.4 is 21.3 Å². The van der Waals surface area contributed by atoms with Gasteiger partial charge in [0.25, 0.3) is 11.8 Å². The highest BCUT2D eigenvalue weighted by atomic mass is 35.5. The van der Waals surface area contributed by atoms with E-state index in [1.165, 1.54) is 11.3 Å². The Balaban J connectivity index is 1.34. The van der Waals surface area contributed by atoms with E-state index in [9.17, 15) is 14.4 Å². The first-order valence-electron chi connectivity index (χ1n) is 11.3. The summed E-state index contributed by atoms with van der Waals surface area (Å²) in [5.41, 5.74) is 0.271. The molecule has 1 aliphatic rings. The molecule has 4 N–H and O–H groups in total. The van der Waals surface area contributed by atoms with Gasteiger partial charge in [0.1, 0.15) is 5.54 Å². The maximum absolute atomic E-state index is 13.2. The minimum atomic E-state index is -1.02. The molecule has 0 atom stereocenters. The third kappa shape index (κ3) is 6.25. The lowest BCUT2D eigenvalue weighted by Gasteiger charge is -2.36. The van der Waals surface area contributed by atoms with Gasteiger partial charge in [0, 0.05) is 29.9 Å². The standard InChI is InChI=1S/C25H26ClN5O3S/c26-18-6-4-17(5-7-18)22(32)29-15-16-30-24(34)25(10-13-27-14-11-25)31-23(33)21-9-8-20(35-21)19-3-1-2-12-28-19/h1-9,12,27H,10-11,13-16H2,(H,29,32)(H,30,34)(H,31,33). The predicted octanol–water partition coefficient (Wildman–Crippen LogP) is 2.86. The van der Waals surface area contributed by atoms with E-state index in [4.69, 9.17) is 11.6 Å². The molecule has 3 amide bonds. The molecule has 4 rings (SSSR count). The molecule has 1 aliphatic heterocycles. The summed E-state index contributed by atoms with van der Waals surface area (Å²) in [4.78, 5) is 44.2. The Hall–Kier alpha value is -3.27. The van der Waals surface area contributed by atoms with Gasteiger partial charge in [0.05, 0.1) is 15.4 Å². The van der Waals surface area contributed by atoms with Crippen LogP contribution in [0, 0.1) is 0 Å². The number of amides is 3. The van der Waals surface area contributed by atoms with E-state index in [2.05, 4.69) is 26.3 Å². The number of hydrogen-bond donors (Lipinski definition) is 4. The number of aromatic nitrogens is 1. The van der Waals surface area contributed by atoms with Gasteiger partial charge in [-0.05, 0) is 74.5 Å². The van der Waals surface area contributed by atoms with Crippen LogP contribution in [0.3, 0.4) is 0 Å². The Morgan fingerprint density at radius 1 is 0.943 bits per heavy atom. The van der Waals surface area contributed by atoms with E-state index in [0.29, 0.717) is 41.4 Å². The van der Waals surface area contributed by atoms with Crippen molar-refractivity contribution in [2.45, 2.75) is 18.4 Å². The molecule has 1 fully saturated rings. The van der Waals surface area contributed by atoms with Crippen LogP contribution in [0.5, 0.6) is 0 Å². The second kappa shape index (κ2) is 11.4. The predicted molar refractivity (Wildman–Crippen MR) is 137 cm³/mol. The molecule has 0 spiro atoms. The van der Waals surface area contributed by atoms with Crippen molar-refractivity contribution in [3.05, 3.63) is 76.3 Å². The van der Waals surface area contributed by atoms with Crippen LogP contribution in [-0.2, 0) is 4.79 Å². The molecule has 2 aromatic heterocycles. The summed E-state index contributed by atoms with van der Waals surface area (Å²) in [5.74, 6) is -0.790. The quantitative estimate of drug-likeness (QED) is 0.347. The zero-order valence-electron chi connectivity index (χ0n) is 19.0. The van der Waals surface area contributed by atoms with Crippen LogP contribution in [0.15, 0.2) is 60.8 Å². The van der Waals surface area contributed by atoms with Crippen molar-refractivity contribution in [1.82, 2.24) is 26.3 Å². The van der Waals surface area contributed by atoms with Gasteiger partial charge < -0.3 is 21.3 Å². The molecular weight excluding hydrogens is 486 g/mol. The zero-order chi connectivity index (χ0) is 24.7. The average Bonchev–Trinajstić information content (AvgIpc) is 3.38. The van der Waals surface area contributed by atoms with Crippen LogP contribution >= 0.6 is 22.9 Å². The summed E-state index contributed by atoms with van der Waals surface area (Å²) in [6.07, 6.45) is 2.65. The maximum Gasteiger partial charge on any atom is 0.262 e. The third-order valence-electron chi connectivity index (χ3n) is 5.79. The smallest absolute Gasteiger partial charge is 0.262 e. The first-order valence-corrected chi connectivity index (χ1v) is 12.5. The molecule has 182 valence electrons. The van der Waals surface area contributed by atoms with Crippen molar-refractivity contribution in [1.29, 1.82) is 0 Å². The van der Waals surface area contributed by atoms with Crippen molar-refractivity contribution in [3.8, 4) is 10.6 Å². The summed E-state index contributed by atoms with van der Waals surface area (Å²) >= 11 is 7.19. The largest absolute Gasteiger partial charge is 0.352 e. The third-order valence-corrected chi connectivity index (χ3v) is 7.15. The number of halogens is 1. The van der Waals surface area contributed by atoms with Crippen LogP contribution in [0.2, 0.25) is 5.02 Å². The molecule has 1 aromatic carbocycles. The SMILES string of the molecule is O=C(NCCNC(=O)C1(NC(=O)c2ccc(-c3ccccn3)s2)CCNCC1)c1ccc(Cl)cc1. The van der Waals surface area contributed by atoms with Crippen LogP contribution in [0.1, 0.15) is 32.9 Å². The van der Waals surface area contributed by atoms with E-state index in [1.54, 1.807) is 36.5 Å². The minimum Gasteiger partial charge on any atom is -0.352 e. The van der Waals surface area contributed by atoms with Gasteiger partial charge >= 0.3 is 0 Å². The number of rotatable bonds is 8. The number of piperidine rings is 1. The molecule has 10 heteroatoms. The van der Waals surface area contributed by atoms with Crippen molar-refractivity contribution in [2.75, 3.05) is 26.2 Å². The average molecular weight is 512 g/mol. The van der Waals surface area contributed by atoms with Gasteiger partial charge in [-0.1, -0.05) is 17.7 Å². The fourth-order valence-corrected chi connectivity index (χ4v) is 4.88. The van der Waals surface area contributed by atoms with Gasteiger partial charge in [-0.15, -0.1) is 11.3 Å². The van der Waals surface area contributed by atoms with Crippen molar-refractivity contribution < 1.29 is 14.4 Å². The molecule has 3 aromatic rings. The lowest BCUT2D eigenvalue weighted by molar-refractivity contribution is -0.128. The maximum atomic E-state index is 13.2. The number of benzene rings is 1. The molecule has 8 nitrogen and oxygen atoms in total. The Morgan fingerprint density at radius 2 is 1.69 bits per heavy atom. The Bertz CT molecular complexity index is 1180. The van der Waals surface area contributed by atoms with Crippen molar-refractivity contribution in [2.24, 2.45) is 0 Å². The number of carbonyl (C=O) groups excluding carboxylic acids is 3. The second-order valence-electron chi connectivity index (χ2n) is 8.18. The summed E-state index contributed by atoms with van der Waals surface area (Å²) in [6.45, 7) is 1.73. The Labute approximate surface area is 212 Å². The van der Waals surface area contributed by atoms with Gasteiger partial charge in [-0.3, -0.25) is 19.4 Å². The molecule has 0 saturated carbocycles. The number of carbonyl (C=O) groups is 3. The van der Waals surface area contributed by atoms with E-state index in [1.807, 2.05) is 24.3 Å². The highest BCUT2D eigenvalue weighted by molar-refractivity contribution is 7.17. The zero-order valence-corrected chi connectivity index (χ0v) is 20.5. The van der Waals surface area contributed by atoms with E-state index < -0.39 is 5.54 Å². The normalized spacial score (nSPS) is 14.7. The number of thiophene rings is 1. The van der Waals surface area contributed by atoms with Gasteiger partial charge in [0.15, 0.2) is 0 Å². The fourth-order valence-electron chi connectivity index (χ4n) is 3.87. The highest BCUT2D eigenvalue weighted by Gasteiger charge is 2.41. The summed E-state index contributed by atoms with van der Waals surface area (Å²) in [7, 11) is 0. The molecule has 0 aliphatic carbocycles. The summed E-state index contributed by atoms with van der Waals surface area (Å²) < 4.78 is 0. The first-order chi connectivity index (χ1) is 17.0. The highest BCUT2D eigenvalue weighted by Crippen LogP contribution is 2.27. The topological polar surface area (TPSA) is 112 Å². The fraction of sp³-hybridized carbons (Fsp3) is 0.280. The molecule has 0 bridgehead atoms. The van der Waals surface area contributed by atoms with Crippen LogP contribution in [0.4, 0.5) is 0 Å². The number of nitrogens with zero attached hydrogens (tertiary/aromatic N) is 1. The number of hydrogen-bond acceptors (Lipinski definition) is 6. The molecule has 35 heavy (non-hydrogen) atoms. The second-order valence-corrected chi connectivity index (χ2v) is 9.70. The summed E-state index contributed by atoms with van der Waals surface area (Å²) in [6, 6.07) is 15.8. The summed E-state index contributed by atoms with van der Waals surface area (Å²) in [5, 5.41) is 12.4. The minimum absolute atomic E-state index is 0.242. The van der Waals surface area contributed by atoms with Crippen molar-refractivity contribution in [3.63, 3.8) is 0 Å². The first kappa shape index (κ1) is 24.8. The molecule has 3 heterocycles. The lowest BCUT2D eigenvalue weighted by atomic mass is 9.87. The van der Waals surface area contributed by atoms with E-state index in [0.717, 1.165) is 10.6 Å². The molecule has 1 saturated heterocycles. The monoisotopic (exact) mass is 511 g/mol. The van der Waals surface area contributed by atoms with Crippen LogP contribution in [0.25, 0.3) is 10.6 Å². The molecule has 0 radical (unpaired) electrons. The van der Waals surface area contributed by atoms with Crippen LogP contribution in [-0.4, -0.2) is 54.4 Å².